The molecule has 0 saturated carbocycles. The third-order valence-electron chi connectivity index (χ3n) is 6.61. The van der Waals surface area contributed by atoms with E-state index in [0.29, 0.717) is 23.9 Å². The van der Waals surface area contributed by atoms with Gasteiger partial charge in [0.2, 0.25) is 0 Å². The van der Waals surface area contributed by atoms with Crippen molar-refractivity contribution in [3.63, 3.8) is 0 Å². The van der Waals surface area contributed by atoms with E-state index >= 15 is 0 Å². The predicted molar refractivity (Wildman–Crippen MR) is 109 cm³/mol. The molecule has 0 bridgehead atoms. The van der Waals surface area contributed by atoms with Crippen LogP contribution in [0.25, 0.3) is 0 Å². The van der Waals surface area contributed by atoms with Gasteiger partial charge in [-0.25, -0.2) is 0 Å². The van der Waals surface area contributed by atoms with Gasteiger partial charge in [0, 0.05) is 50.1 Å². The molecule has 0 aromatic rings. The Morgan fingerprint density at radius 2 is 1.15 bits per heavy atom. The Morgan fingerprint density at radius 3 is 1.65 bits per heavy atom. The van der Waals surface area contributed by atoms with Crippen molar-refractivity contribution in [1.29, 1.82) is 0 Å². The number of likely N-dealkylation sites (tertiary alicyclic amines) is 1. The Kier molecular flexibility index (Phi) is 6.49. The summed E-state index contributed by atoms with van der Waals surface area (Å²) >= 11 is 0. The number of piperazine rings is 1. The Labute approximate surface area is 159 Å². The van der Waals surface area contributed by atoms with Crippen molar-refractivity contribution in [2.24, 2.45) is 11.8 Å². The second kappa shape index (κ2) is 9.22. The van der Waals surface area contributed by atoms with E-state index in [1.165, 1.54) is 71.1 Å². The first-order chi connectivity index (χ1) is 12.9. The lowest BCUT2D eigenvalue weighted by atomic mass is 9.89. The summed E-state index contributed by atoms with van der Waals surface area (Å²) < 4.78 is 0. The van der Waals surface area contributed by atoms with Gasteiger partial charge in [-0.2, -0.15) is 0 Å². The fourth-order valence-electron chi connectivity index (χ4n) is 4.94. The highest BCUT2D eigenvalue weighted by atomic mass is 15.2. The van der Waals surface area contributed by atoms with Gasteiger partial charge >= 0.3 is 0 Å². The lowest BCUT2D eigenvalue weighted by molar-refractivity contribution is 0.176. The Hall–Kier alpha value is -1.08. The maximum atomic E-state index is 3.58. The third kappa shape index (κ3) is 4.80. The largest absolute Gasteiger partial charge is 0.314 e. The van der Waals surface area contributed by atoms with Crippen LogP contribution in [0, 0.1) is 23.7 Å². The summed E-state index contributed by atoms with van der Waals surface area (Å²) in [5.74, 6) is 8.11. The van der Waals surface area contributed by atoms with Gasteiger partial charge < -0.3 is 5.32 Å². The van der Waals surface area contributed by atoms with Gasteiger partial charge in [-0.15, -0.1) is 0 Å². The molecule has 0 radical (unpaired) electrons. The van der Waals surface area contributed by atoms with Crippen LogP contribution in [-0.2, 0) is 0 Å². The molecule has 142 valence electrons. The summed E-state index contributed by atoms with van der Waals surface area (Å²) in [7, 11) is 0. The fourth-order valence-corrected chi connectivity index (χ4v) is 4.94. The molecule has 4 rings (SSSR count). The van der Waals surface area contributed by atoms with Crippen LogP contribution in [0.3, 0.4) is 0 Å². The molecule has 2 aliphatic heterocycles. The molecular formula is C23H35N3. The van der Waals surface area contributed by atoms with Crippen molar-refractivity contribution in [2.45, 2.75) is 57.0 Å². The monoisotopic (exact) mass is 353 g/mol. The Morgan fingerprint density at radius 1 is 0.615 bits per heavy atom. The van der Waals surface area contributed by atoms with Gasteiger partial charge in [-0.3, -0.25) is 9.80 Å². The highest BCUT2D eigenvalue weighted by molar-refractivity contribution is 5.21. The van der Waals surface area contributed by atoms with E-state index in [0.717, 1.165) is 13.1 Å². The molecule has 4 atom stereocenters. The van der Waals surface area contributed by atoms with E-state index < -0.39 is 0 Å². The first kappa shape index (κ1) is 18.3. The molecule has 2 saturated heterocycles. The molecular weight excluding hydrogens is 318 g/mol. The first-order valence-corrected chi connectivity index (χ1v) is 10.9. The van der Waals surface area contributed by atoms with Gasteiger partial charge in [0.05, 0.1) is 0 Å². The number of hydrogen-bond donors (Lipinski definition) is 1. The quantitative estimate of drug-likeness (QED) is 0.608. The maximum Gasteiger partial charge on any atom is 0.0384 e. The molecule has 4 aliphatic rings. The van der Waals surface area contributed by atoms with Crippen molar-refractivity contribution in [3.05, 3.63) is 24.3 Å². The van der Waals surface area contributed by atoms with Crippen molar-refractivity contribution >= 4 is 0 Å². The second-order valence-corrected chi connectivity index (χ2v) is 8.44. The lowest BCUT2D eigenvalue weighted by Gasteiger charge is -2.35. The molecule has 4 unspecified atom stereocenters. The minimum absolute atomic E-state index is 0.474. The van der Waals surface area contributed by atoms with Crippen LogP contribution in [0.4, 0.5) is 0 Å². The smallest absolute Gasteiger partial charge is 0.0384 e. The van der Waals surface area contributed by atoms with E-state index in [9.17, 15) is 0 Å². The molecule has 3 nitrogen and oxygen atoms in total. The van der Waals surface area contributed by atoms with Crippen LogP contribution in [0.1, 0.15) is 44.9 Å². The SMILES string of the molecule is C(#CC1C=CC(N2CCNCC2)CC1)C1C=CC(N2CCCCC2)CC1. The Balaban J connectivity index is 1.26. The highest BCUT2D eigenvalue weighted by Crippen LogP contribution is 2.25. The topological polar surface area (TPSA) is 18.5 Å². The summed E-state index contributed by atoms with van der Waals surface area (Å²) in [5, 5.41) is 3.45. The number of rotatable bonds is 2. The zero-order valence-electron chi connectivity index (χ0n) is 16.2. The number of piperidine rings is 1. The van der Waals surface area contributed by atoms with Crippen LogP contribution >= 0.6 is 0 Å². The zero-order valence-corrected chi connectivity index (χ0v) is 16.2. The zero-order chi connectivity index (χ0) is 17.6. The lowest BCUT2D eigenvalue weighted by Crippen LogP contribution is -2.48. The van der Waals surface area contributed by atoms with Gasteiger partial charge in [0.1, 0.15) is 0 Å². The van der Waals surface area contributed by atoms with Gasteiger partial charge in [-0.05, 0) is 51.6 Å². The molecule has 0 amide bonds. The van der Waals surface area contributed by atoms with Crippen molar-refractivity contribution in [3.8, 4) is 11.8 Å². The van der Waals surface area contributed by atoms with Crippen molar-refractivity contribution < 1.29 is 0 Å². The predicted octanol–water partition coefficient (Wildman–Crippen LogP) is 3.05. The van der Waals surface area contributed by atoms with E-state index in [2.05, 4.69) is 51.3 Å². The van der Waals surface area contributed by atoms with Crippen LogP contribution in [-0.4, -0.2) is 61.2 Å². The number of allylic oxidation sites excluding steroid dienone is 2. The molecule has 0 spiro atoms. The van der Waals surface area contributed by atoms with E-state index in [4.69, 9.17) is 0 Å². The van der Waals surface area contributed by atoms with E-state index in [1.807, 2.05) is 0 Å². The number of nitrogens with one attached hydrogen (secondary N) is 1. The minimum Gasteiger partial charge on any atom is -0.314 e. The van der Waals surface area contributed by atoms with E-state index in [1.54, 1.807) is 0 Å². The molecule has 26 heavy (non-hydrogen) atoms. The maximum absolute atomic E-state index is 3.58. The summed E-state index contributed by atoms with van der Waals surface area (Å²) in [6, 6.07) is 1.33. The molecule has 2 fully saturated rings. The van der Waals surface area contributed by atoms with Crippen LogP contribution in [0.5, 0.6) is 0 Å². The Bertz CT molecular complexity index is 510. The van der Waals surface area contributed by atoms with Crippen LogP contribution in [0.15, 0.2) is 24.3 Å². The standard InChI is InChI=1S/C23H35N3/c1-2-16-25(17-3-1)22-10-6-20(7-11-22)4-5-21-8-12-23(13-9-21)26-18-14-24-15-19-26/h6,8,10,12,20-24H,1-3,7,9,11,13-19H2. The van der Waals surface area contributed by atoms with Gasteiger partial charge in [-0.1, -0.05) is 42.6 Å². The average molecular weight is 354 g/mol. The molecule has 1 N–H and O–H groups in total. The molecule has 2 heterocycles. The van der Waals surface area contributed by atoms with Crippen LogP contribution < -0.4 is 5.32 Å². The van der Waals surface area contributed by atoms with Gasteiger partial charge in [0.15, 0.2) is 0 Å². The van der Waals surface area contributed by atoms with Crippen molar-refractivity contribution in [1.82, 2.24) is 15.1 Å². The molecule has 0 aromatic carbocycles. The molecule has 2 aliphatic carbocycles. The summed E-state index contributed by atoms with van der Waals surface area (Å²) in [6.07, 6.45) is 18.9. The molecule has 3 heteroatoms. The van der Waals surface area contributed by atoms with Gasteiger partial charge in [0.25, 0.3) is 0 Å². The van der Waals surface area contributed by atoms with Crippen LogP contribution in [0.2, 0.25) is 0 Å². The van der Waals surface area contributed by atoms with E-state index in [-0.39, 0.29) is 0 Å². The summed E-state index contributed by atoms with van der Waals surface area (Å²) in [4.78, 5) is 5.31. The average Bonchev–Trinajstić information content (AvgIpc) is 2.74. The summed E-state index contributed by atoms with van der Waals surface area (Å²) in [5.41, 5.74) is 0. The normalized spacial score (nSPS) is 36.5. The third-order valence-corrected chi connectivity index (χ3v) is 6.61. The molecule has 0 aromatic heterocycles. The number of hydrogen-bond acceptors (Lipinski definition) is 3. The highest BCUT2D eigenvalue weighted by Gasteiger charge is 2.23. The first-order valence-electron chi connectivity index (χ1n) is 10.9. The summed E-state index contributed by atoms with van der Waals surface area (Å²) in [6.45, 7) is 7.26. The second-order valence-electron chi connectivity index (χ2n) is 8.44. The minimum atomic E-state index is 0.474. The van der Waals surface area contributed by atoms with Crippen molar-refractivity contribution in [2.75, 3.05) is 39.3 Å². The fraction of sp³-hybridized carbons (Fsp3) is 0.739. The number of nitrogens with zero attached hydrogens (tertiary/aromatic N) is 2.